The number of ether oxygens (including phenoxy) is 1. The molecule has 1 aliphatic carbocycles. The molecule has 3 nitrogen and oxygen atoms in total. The summed E-state index contributed by atoms with van der Waals surface area (Å²) in [7, 11) is 0. The average Bonchev–Trinajstić information content (AvgIpc) is 3.26. The van der Waals surface area contributed by atoms with Crippen molar-refractivity contribution < 1.29 is 4.74 Å². The van der Waals surface area contributed by atoms with Crippen LogP contribution in [0.5, 0.6) is 0 Å². The summed E-state index contributed by atoms with van der Waals surface area (Å²) in [5.74, 6) is 1.53. The molecule has 2 fully saturated rings. The Hall–Kier alpha value is -0.240. The second kappa shape index (κ2) is 6.79. The highest BCUT2D eigenvalue weighted by molar-refractivity contribution is 8.00. The molecular weight excluding hydrogens is 244 g/mol. The van der Waals surface area contributed by atoms with Crippen molar-refractivity contribution in [2.45, 2.75) is 49.8 Å². The number of nitriles is 1. The summed E-state index contributed by atoms with van der Waals surface area (Å²) < 4.78 is 5.39. The third-order valence-corrected chi connectivity index (χ3v) is 5.44. The van der Waals surface area contributed by atoms with Gasteiger partial charge in [-0.05, 0) is 44.6 Å². The standard InChI is InChI=1S/C14H24N2OS/c1-2-7-16-14(10-15,12-3-4-12)11-18-13-5-8-17-9-6-13/h12-13,16H,2-9,11H2,1H3. The molecule has 4 heteroatoms. The van der Waals surface area contributed by atoms with Gasteiger partial charge in [0.15, 0.2) is 0 Å². The van der Waals surface area contributed by atoms with Gasteiger partial charge in [0.05, 0.1) is 6.07 Å². The topological polar surface area (TPSA) is 45.0 Å². The van der Waals surface area contributed by atoms with Gasteiger partial charge in [0.1, 0.15) is 5.54 Å². The molecule has 0 aromatic rings. The minimum absolute atomic E-state index is 0.265. The molecule has 1 unspecified atom stereocenters. The van der Waals surface area contributed by atoms with Crippen LogP contribution in [0.15, 0.2) is 0 Å². The Labute approximate surface area is 115 Å². The van der Waals surface area contributed by atoms with Crippen LogP contribution in [-0.2, 0) is 4.74 Å². The molecule has 2 aliphatic rings. The molecule has 1 heterocycles. The highest BCUT2D eigenvalue weighted by atomic mass is 32.2. The summed E-state index contributed by atoms with van der Waals surface area (Å²) in [6, 6.07) is 2.59. The number of rotatable bonds is 7. The monoisotopic (exact) mass is 268 g/mol. The first-order chi connectivity index (χ1) is 8.80. The van der Waals surface area contributed by atoms with E-state index in [2.05, 4.69) is 18.3 Å². The van der Waals surface area contributed by atoms with Crippen molar-refractivity contribution in [1.82, 2.24) is 5.32 Å². The van der Waals surface area contributed by atoms with Crippen LogP contribution in [0.2, 0.25) is 0 Å². The van der Waals surface area contributed by atoms with Crippen LogP contribution in [0, 0.1) is 17.2 Å². The molecule has 1 N–H and O–H groups in total. The molecule has 0 bridgehead atoms. The van der Waals surface area contributed by atoms with E-state index in [1.54, 1.807) is 0 Å². The molecule has 0 radical (unpaired) electrons. The Morgan fingerprint density at radius 3 is 2.61 bits per heavy atom. The number of nitrogens with zero attached hydrogens (tertiary/aromatic N) is 1. The first-order valence-corrected chi connectivity index (χ1v) is 8.21. The van der Waals surface area contributed by atoms with E-state index in [9.17, 15) is 5.26 Å². The van der Waals surface area contributed by atoms with E-state index in [1.807, 2.05) is 11.8 Å². The van der Waals surface area contributed by atoms with Gasteiger partial charge in [0.2, 0.25) is 0 Å². The third-order valence-electron chi connectivity index (χ3n) is 3.88. The van der Waals surface area contributed by atoms with E-state index in [4.69, 9.17) is 4.74 Å². The van der Waals surface area contributed by atoms with Gasteiger partial charge in [0, 0.05) is 24.2 Å². The first kappa shape index (κ1) is 14.2. The fourth-order valence-corrected chi connectivity index (χ4v) is 3.92. The van der Waals surface area contributed by atoms with E-state index >= 15 is 0 Å². The minimum Gasteiger partial charge on any atom is -0.381 e. The molecule has 18 heavy (non-hydrogen) atoms. The minimum atomic E-state index is -0.265. The zero-order valence-corrected chi connectivity index (χ0v) is 12.1. The predicted molar refractivity (Wildman–Crippen MR) is 75.7 cm³/mol. The van der Waals surface area contributed by atoms with E-state index in [1.165, 1.54) is 12.8 Å². The number of hydrogen-bond donors (Lipinski definition) is 1. The summed E-state index contributed by atoms with van der Waals surface area (Å²) in [5, 5.41) is 13.8. The van der Waals surface area contributed by atoms with Gasteiger partial charge in [-0.25, -0.2) is 0 Å². The number of hydrogen-bond acceptors (Lipinski definition) is 4. The number of thioether (sulfide) groups is 1. The molecule has 1 atom stereocenters. The fourth-order valence-electron chi connectivity index (χ4n) is 2.49. The Bertz CT molecular complexity index is 295. The van der Waals surface area contributed by atoms with Crippen LogP contribution in [0.3, 0.4) is 0 Å². The molecule has 1 aliphatic heterocycles. The second-order valence-electron chi connectivity index (χ2n) is 5.41. The molecule has 0 spiro atoms. The van der Waals surface area contributed by atoms with Crippen molar-refractivity contribution in [3.63, 3.8) is 0 Å². The lowest BCUT2D eigenvalue weighted by molar-refractivity contribution is 0.0999. The van der Waals surface area contributed by atoms with Gasteiger partial charge in [-0.3, -0.25) is 5.32 Å². The van der Waals surface area contributed by atoms with Crippen LogP contribution in [-0.4, -0.2) is 36.3 Å². The normalized spacial score (nSPS) is 24.4. The van der Waals surface area contributed by atoms with Gasteiger partial charge in [-0.1, -0.05) is 6.92 Å². The molecule has 0 aromatic carbocycles. The summed E-state index contributed by atoms with van der Waals surface area (Å²) >= 11 is 1.98. The maximum atomic E-state index is 9.59. The van der Waals surface area contributed by atoms with Gasteiger partial charge >= 0.3 is 0 Å². The Morgan fingerprint density at radius 2 is 2.06 bits per heavy atom. The van der Waals surface area contributed by atoms with Crippen molar-refractivity contribution in [1.29, 1.82) is 5.26 Å². The lowest BCUT2D eigenvalue weighted by Crippen LogP contribution is -2.49. The highest BCUT2D eigenvalue weighted by Gasteiger charge is 2.45. The summed E-state index contributed by atoms with van der Waals surface area (Å²) in [6.07, 6.45) is 5.82. The fraction of sp³-hybridized carbons (Fsp3) is 0.929. The van der Waals surface area contributed by atoms with E-state index in [0.717, 1.165) is 44.8 Å². The van der Waals surface area contributed by atoms with Crippen molar-refractivity contribution in [2.24, 2.45) is 5.92 Å². The molecule has 2 rings (SSSR count). The van der Waals surface area contributed by atoms with Gasteiger partial charge in [-0.2, -0.15) is 17.0 Å². The summed E-state index contributed by atoms with van der Waals surface area (Å²) in [6.45, 7) is 4.90. The van der Waals surface area contributed by atoms with Gasteiger partial charge in [0.25, 0.3) is 0 Å². The molecular formula is C14H24N2OS. The van der Waals surface area contributed by atoms with E-state index < -0.39 is 0 Å². The Balaban J connectivity index is 1.86. The van der Waals surface area contributed by atoms with E-state index in [-0.39, 0.29) is 5.54 Å². The summed E-state index contributed by atoms with van der Waals surface area (Å²) in [5.41, 5.74) is -0.265. The molecule has 0 amide bonds. The van der Waals surface area contributed by atoms with Crippen LogP contribution >= 0.6 is 11.8 Å². The Morgan fingerprint density at radius 1 is 1.33 bits per heavy atom. The van der Waals surface area contributed by atoms with Gasteiger partial charge in [-0.15, -0.1) is 0 Å². The Kier molecular flexibility index (Phi) is 5.35. The molecule has 1 saturated heterocycles. The average molecular weight is 268 g/mol. The zero-order valence-electron chi connectivity index (χ0n) is 11.3. The summed E-state index contributed by atoms with van der Waals surface area (Å²) in [4.78, 5) is 0. The number of nitrogens with one attached hydrogen (secondary N) is 1. The van der Waals surface area contributed by atoms with E-state index in [0.29, 0.717) is 11.2 Å². The molecule has 0 aromatic heterocycles. The smallest absolute Gasteiger partial charge is 0.118 e. The maximum Gasteiger partial charge on any atom is 0.118 e. The predicted octanol–water partition coefficient (Wildman–Crippen LogP) is 2.57. The zero-order chi connectivity index (χ0) is 12.8. The van der Waals surface area contributed by atoms with Crippen LogP contribution in [0.4, 0.5) is 0 Å². The van der Waals surface area contributed by atoms with Crippen molar-refractivity contribution in [3.8, 4) is 6.07 Å². The van der Waals surface area contributed by atoms with Crippen molar-refractivity contribution in [2.75, 3.05) is 25.5 Å². The van der Waals surface area contributed by atoms with Crippen LogP contribution in [0.25, 0.3) is 0 Å². The molecule has 1 saturated carbocycles. The maximum absolute atomic E-state index is 9.59. The molecule has 102 valence electrons. The quantitative estimate of drug-likeness (QED) is 0.771. The van der Waals surface area contributed by atoms with Gasteiger partial charge < -0.3 is 4.74 Å². The SMILES string of the molecule is CCCNC(C#N)(CSC1CCOCC1)C1CC1. The lowest BCUT2D eigenvalue weighted by Gasteiger charge is -2.30. The largest absolute Gasteiger partial charge is 0.381 e. The lowest BCUT2D eigenvalue weighted by atomic mass is 9.97. The highest BCUT2D eigenvalue weighted by Crippen LogP contribution is 2.42. The van der Waals surface area contributed by atoms with Crippen LogP contribution in [0.1, 0.15) is 39.0 Å². The van der Waals surface area contributed by atoms with Crippen molar-refractivity contribution in [3.05, 3.63) is 0 Å². The second-order valence-corrected chi connectivity index (χ2v) is 6.70. The first-order valence-electron chi connectivity index (χ1n) is 7.16. The third kappa shape index (κ3) is 3.63. The van der Waals surface area contributed by atoms with Crippen LogP contribution < -0.4 is 5.32 Å². The van der Waals surface area contributed by atoms with Crippen molar-refractivity contribution >= 4 is 11.8 Å².